The number of carbonyl (C=O) groups excluding carboxylic acids is 3. The summed E-state index contributed by atoms with van der Waals surface area (Å²) in [4.78, 5) is 48.8. The first-order chi connectivity index (χ1) is 13.7. The minimum absolute atomic E-state index is 0.0299. The van der Waals surface area contributed by atoms with E-state index in [-0.39, 0.29) is 23.8 Å². The van der Waals surface area contributed by atoms with Crippen LogP contribution in [0, 0.1) is 0 Å². The van der Waals surface area contributed by atoms with Gasteiger partial charge in [0.15, 0.2) is 0 Å². The van der Waals surface area contributed by atoms with Crippen LogP contribution in [0.25, 0.3) is 0 Å². The number of carboxylic acid groups (broad SMARTS) is 1. The fourth-order valence-corrected chi connectivity index (χ4v) is 4.39. The molecule has 0 bridgehead atoms. The molecule has 0 spiro atoms. The lowest BCUT2D eigenvalue weighted by atomic mass is 10.0. The normalized spacial score (nSPS) is 21.7. The minimum atomic E-state index is -1.31. The lowest BCUT2D eigenvalue weighted by molar-refractivity contribution is -0.151. The zero-order valence-corrected chi connectivity index (χ0v) is 16.1. The van der Waals surface area contributed by atoms with Crippen molar-refractivity contribution in [3.05, 3.63) is 41.1 Å². The van der Waals surface area contributed by atoms with Crippen molar-refractivity contribution in [1.29, 1.82) is 0 Å². The van der Waals surface area contributed by atoms with Crippen LogP contribution < -0.4 is 11.1 Å². The first-order valence-corrected chi connectivity index (χ1v) is 9.63. The molecule has 1 unspecified atom stereocenters. The van der Waals surface area contributed by atoms with Crippen molar-refractivity contribution in [1.82, 2.24) is 10.2 Å². The number of carbonyl (C=O) groups is 4. The van der Waals surface area contributed by atoms with Crippen molar-refractivity contribution in [2.45, 2.75) is 24.4 Å². The van der Waals surface area contributed by atoms with Gasteiger partial charge >= 0.3 is 11.9 Å². The third kappa shape index (κ3) is 4.05. The molecule has 3 atom stereocenters. The van der Waals surface area contributed by atoms with E-state index in [1.165, 1.54) is 43.0 Å². The van der Waals surface area contributed by atoms with Gasteiger partial charge in [-0.1, -0.05) is 12.1 Å². The molecular formula is C18H19N3O7S. The summed E-state index contributed by atoms with van der Waals surface area (Å²) in [6, 6.07) is 3.81. The van der Waals surface area contributed by atoms with Gasteiger partial charge in [0.2, 0.25) is 5.91 Å². The molecule has 11 heteroatoms. The predicted molar refractivity (Wildman–Crippen MR) is 101 cm³/mol. The number of rotatable bonds is 6. The smallest absolute Gasteiger partial charge is 0.352 e. The quantitative estimate of drug-likeness (QED) is 0.357. The molecule has 2 amide bonds. The Balaban J connectivity index is 1.71. The van der Waals surface area contributed by atoms with E-state index in [1.807, 2.05) is 0 Å². The average molecular weight is 421 g/mol. The molecule has 154 valence electrons. The summed E-state index contributed by atoms with van der Waals surface area (Å²) in [5, 5.41) is 20.8. The largest absolute Gasteiger partial charge is 0.508 e. The number of aliphatic carboxylic acids is 1. The third-order valence-corrected chi connectivity index (χ3v) is 5.87. The number of nitrogens with zero attached hydrogens (tertiary/aromatic N) is 1. The number of β-lactam (4-membered cyclic amide) rings is 1. The highest BCUT2D eigenvalue weighted by atomic mass is 32.2. The van der Waals surface area contributed by atoms with Gasteiger partial charge in [0, 0.05) is 18.2 Å². The lowest BCUT2D eigenvalue weighted by Crippen LogP contribution is -2.71. The van der Waals surface area contributed by atoms with E-state index in [4.69, 9.17) is 10.5 Å². The Labute approximate surface area is 169 Å². The van der Waals surface area contributed by atoms with Crippen LogP contribution in [0.1, 0.15) is 18.5 Å². The van der Waals surface area contributed by atoms with Gasteiger partial charge < -0.3 is 26.0 Å². The number of thioether (sulfide) groups is 1. The van der Waals surface area contributed by atoms with Crippen molar-refractivity contribution >= 4 is 35.5 Å². The number of aromatic hydroxyl groups is 1. The van der Waals surface area contributed by atoms with Crippen molar-refractivity contribution in [2.75, 3.05) is 12.4 Å². The van der Waals surface area contributed by atoms with Gasteiger partial charge in [0.1, 0.15) is 35.5 Å². The first kappa shape index (κ1) is 20.7. The molecule has 0 aromatic heterocycles. The van der Waals surface area contributed by atoms with Crippen LogP contribution in [0.4, 0.5) is 0 Å². The third-order valence-electron chi connectivity index (χ3n) is 4.53. The predicted octanol–water partition coefficient (Wildman–Crippen LogP) is -0.306. The Morgan fingerprint density at radius 1 is 1.34 bits per heavy atom. The Morgan fingerprint density at radius 3 is 2.59 bits per heavy atom. The summed E-state index contributed by atoms with van der Waals surface area (Å²) < 4.78 is 4.87. The van der Waals surface area contributed by atoms with Crippen molar-refractivity contribution in [3.63, 3.8) is 0 Å². The minimum Gasteiger partial charge on any atom is -0.508 e. The van der Waals surface area contributed by atoms with E-state index in [2.05, 4.69) is 5.32 Å². The topological polar surface area (TPSA) is 159 Å². The highest BCUT2D eigenvalue weighted by Gasteiger charge is 2.54. The molecule has 5 N–H and O–H groups in total. The summed E-state index contributed by atoms with van der Waals surface area (Å²) >= 11 is 1.26. The highest BCUT2D eigenvalue weighted by Crippen LogP contribution is 2.40. The van der Waals surface area contributed by atoms with Crippen LogP contribution in [0.15, 0.2) is 35.5 Å². The summed E-state index contributed by atoms with van der Waals surface area (Å²) in [6.07, 6.45) is 0. The number of esters is 1. The average Bonchev–Trinajstić information content (AvgIpc) is 2.69. The molecule has 2 aliphatic heterocycles. The van der Waals surface area contributed by atoms with Gasteiger partial charge in [-0.15, -0.1) is 11.8 Å². The fourth-order valence-electron chi connectivity index (χ4n) is 3.06. The summed E-state index contributed by atoms with van der Waals surface area (Å²) in [5.41, 5.74) is 6.46. The van der Waals surface area contributed by atoms with Gasteiger partial charge in [-0.25, -0.2) is 4.79 Å². The Bertz CT molecular complexity index is 899. The molecule has 1 aromatic carbocycles. The number of fused-ring (bicyclic) bond motifs is 1. The molecular weight excluding hydrogens is 402 g/mol. The fraction of sp³-hybridized carbons (Fsp3) is 0.333. The lowest BCUT2D eigenvalue weighted by Gasteiger charge is -2.49. The van der Waals surface area contributed by atoms with Crippen LogP contribution in [-0.4, -0.2) is 62.6 Å². The molecule has 0 aliphatic carbocycles. The first-order valence-electron chi connectivity index (χ1n) is 8.59. The van der Waals surface area contributed by atoms with E-state index in [0.29, 0.717) is 11.1 Å². The zero-order valence-electron chi connectivity index (χ0n) is 15.3. The zero-order chi connectivity index (χ0) is 21.3. The molecule has 1 aromatic rings. The maximum absolute atomic E-state index is 12.6. The monoisotopic (exact) mass is 421 g/mol. The van der Waals surface area contributed by atoms with Gasteiger partial charge in [-0.3, -0.25) is 19.3 Å². The maximum atomic E-state index is 12.6. The molecule has 29 heavy (non-hydrogen) atoms. The van der Waals surface area contributed by atoms with Gasteiger partial charge in [0.25, 0.3) is 5.91 Å². The number of ether oxygens (including phenoxy) is 1. The molecule has 0 radical (unpaired) electrons. The van der Waals surface area contributed by atoms with E-state index >= 15 is 0 Å². The molecule has 0 saturated carbocycles. The highest BCUT2D eigenvalue weighted by molar-refractivity contribution is 8.00. The SMILES string of the molecule is CC(=O)OCC1=C(C(=O)O)N2C(=O)[C@@H](NC(=O)C(N)c3ccc(O)cc3)[C@H]2SC1. The van der Waals surface area contributed by atoms with E-state index in [1.54, 1.807) is 0 Å². The van der Waals surface area contributed by atoms with Crippen LogP contribution in [0.2, 0.25) is 0 Å². The second-order valence-electron chi connectivity index (χ2n) is 6.50. The maximum Gasteiger partial charge on any atom is 0.352 e. The number of hydrogen-bond acceptors (Lipinski definition) is 8. The van der Waals surface area contributed by atoms with E-state index in [0.717, 1.165) is 4.90 Å². The summed E-state index contributed by atoms with van der Waals surface area (Å²) in [6.45, 7) is 0.987. The second kappa shape index (κ2) is 8.13. The van der Waals surface area contributed by atoms with Crippen LogP contribution in [-0.2, 0) is 23.9 Å². The van der Waals surface area contributed by atoms with Crippen molar-refractivity contribution in [3.8, 4) is 5.75 Å². The standard InChI is InChI=1S/C18H19N3O7S/c1-8(22)28-6-10-7-29-17-13(16(25)21(17)14(10)18(26)27)20-15(24)12(19)9-2-4-11(23)5-3-9/h2-5,12-13,17,23H,6-7,19H2,1H3,(H,20,24)(H,26,27)/t12?,13-,17-/m1/s1. The van der Waals surface area contributed by atoms with Crippen LogP contribution in [0.3, 0.4) is 0 Å². The summed E-state index contributed by atoms with van der Waals surface area (Å²) in [7, 11) is 0. The number of amides is 2. The molecule has 3 rings (SSSR count). The number of nitrogens with one attached hydrogen (secondary N) is 1. The van der Waals surface area contributed by atoms with E-state index < -0.39 is 41.2 Å². The molecule has 2 heterocycles. The van der Waals surface area contributed by atoms with Gasteiger partial charge in [-0.05, 0) is 17.7 Å². The Morgan fingerprint density at radius 2 is 2.00 bits per heavy atom. The van der Waals surface area contributed by atoms with Gasteiger partial charge in [-0.2, -0.15) is 0 Å². The second-order valence-corrected chi connectivity index (χ2v) is 7.61. The Kier molecular flexibility index (Phi) is 5.80. The number of phenolic OH excluding ortho intramolecular Hbond substituents is 1. The number of benzene rings is 1. The number of nitrogens with two attached hydrogens (primary N) is 1. The van der Waals surface area contributed by atoms with Gasteiger partial charge in [0.05, 0.1) is 0 Å². The number of hydrogen-bond donors (Lipinski definition) is 4. The van der Waals surface area contributed by atoms with Crippen LogP contribution >= 0.6 is 11.8 Å². The molecule has 1 fully saturated rings. The molecule has 10 nitrogen and oxygen atoms in total. The van der Waals surface area contributed by atoms with E-state index in [9.17, 15) is 29.4 Å². The number of phenols is 1. The molecule has 2 aliphatic rings. The summed E-state index contributed by atoms with van der Waals surface area (Å²) in [5.74, 6) is -2.77. The number of carboxylic acids is 1. The Hall–Kier alpha value is -3.05. The van der Waals surface area contributed by atoms with Crippen molar-refractivity contribution < 1.29 is 34.1 Å². The molecule has 1 saturated heterocycles. The van der Waals surface area contributed by atoms with Crippen molar-refractivity contribution in [2.24, 2.45) is 5.73 Å². The van der Waals surface area contributed by atoms with Crippen LogP contribution in [0.5, 0.6) is 5.75 Å².